The highest BCUT2D eigenvalue weighted by molar-refractivity contribution is 5.94. The molecule has 0 spiro atoms. The van der Waals surface area contributed by atoms with Crippen LogP contribution in [0.25, 0.3) is 11.3 Å². The van der Waals surface area contributed by atoms with Gasteiger partial charge in [0.2, 0.25) is 11.7 Å². The lowest BCUT2D eigenvalue weighted by Crippen LogP contribution is -2.51. The molecule has 2 aliphatic heterocycles. The van der Waals surface area contributed by atoms with Gasteiger partial charge in [0.05, 0.1) is 45.8 Å². The van der Waals surface area contributed by atoms with Crippen molar-refractivity contribution in [3.63, 3.8) is 0 Å². The second-order valence-corrected chi connectivity index (χ2v) is 8.55. The summed E-state index contributed by atoms with van der Waals surface area (Å²) in [7, 11) is 4.63. The molecule has 0 atom stereocenters. The Morgan fingerprint density at radius 2 is 1.86 bits per heavy atom. The third-order valence-corrected chi connectivity index (χ3v) is 6.37. The van der Waals surface area contributed by atoms with Crippen molar-refractivity contribution in [3.8, 4) is 28.5 Å². The van der Waals surface area contributed by atoms with Gasteiger partial charge < -0.3 is 24.0 Å². The number of benzene rings is 1. The largest absolute Gasteiger partial charge is 0.493 e. The quantitative estimate of drug-likeness (QED) is 0.513. The van der Waals surface area contributed by atoms with Crippen molar-refractivity contribution >= 4 is 11.8 Å². The van der Waals surface area contributed by atoms with Crippen LogP contribution in [-0.2, 0) is 11.3 Å². The van der Waals surface area contributed by atoms with Gasteiger partial charge in [0, 0.05) is 31.6 Å². The van der Waals surface area contributed by atoms with Crippen LogP contribution in [0.15, 0.2) is 24.4 Å². The molecule has 184 valence electrons. The summed E-state index contributed by atoms with van der Waals surface area (Å²) in [6, 6.07) is 5.32. The normalized spacial score (nSPS) is 15.9. The van der Waals surface area contributed by atoms with Crippen molar-refractivity contribution in [2.75, 3.05) is 41.0 Å². The fourth-order valence-corrected chi connectivity index (χ4v) is 4.40. The van der Waals surface area contributed by atoms with Gasteiger partial charge in [0.1, 0.15) is 11.4 Å². The number of carbonyl (C=O) groups excluding carboxylic acids is 2. The van der Waals surface area contributed by atoms with Crippen molar-refractivity contribution < 1.29 is 23.8 Å². The van der Waals surface area contributed by atoms with E-state index in [1.807, 2.05) is 6.20 Å². The summed E-state index contributed by atoms with van der Waals surface area (Å²) in [5, 5.41) is 15.5. The Labute approximate surface area is 201 Å². The van der Waals surface area contributed by atoms with E-state index in [0.29, 0.717) is 54.7 Å². The van der Waals surface area contributed by atoms with Gasteiger partial charge in [0.15, 0.2) is 11.5 Å². The molecule has 2 amide bonds. The first-order chi connectivity index (χ1) is 17.0. The lowest BCUT2D eigenvalue weighted by atomic mass is 10.1. The average molecular weight is 482 g/mol. The molecule has 0 bridgehead atoms. The molecular formula is C23H27N7O5. The van der Waals surface area contributed by atoms with Crippen LogP contribution in [0.1, 0.15) is 35.1 Å². The number of ether oxygens (including phenoxy) is 3. The van der Waals surface area contributed by atoms with E-state index in [0.717, 1.165) is 24.2 Å². The maximum atomic E-state index is 13.0. The molecule has 0 radical (unpaired) electrons. The predicted molar refractivity (Wildman–Crippen MR) is 123 cm³/mol. The number of hydrogen-bond donors (Lipinski definition) is 1. The second kappa shape index (κ2) is 9.28. The van der Waals surface area contributed by atoms with E-state index in [9.17, 15) is 9.59 Å². The minimum absolute atomic E-state index is 0.0481. The van der Waals surface area contributed by atoms with Gasteiger partial charge in [-0.2, -0.15) is 5.10 Å². The molecule has 2 aliphatic rings. The Morgan fingerprint density at radius 1 is 1.11 bits per heavy atom. The van der Waals surface area contributed by atoms with Crippen molar-refractivity contribution in [1.82, 2.24) is 35.0 Å². The maximum absolute atomic E-state index is 13.0. The van der Waals surface area contributed by atoms with Crippen molar-refractivity contribution in [2.24, 2.45) is 0 Å². The molecule has 2 fully saturated rings. The number of hydrogen-bond acceptors (Lipinski definition) is 8. The number of likely N-dealkylation sites (tertiary alicyclic amines) is 2. The zero-order valence-corrected chi connectivity index (χ0v) is 19.9. The Kier molecular flexibility index (Phi) is 6.01. The van der Waals surface area contributed by atoms with Crippen LogP contribution in [0.3, 0.4) is 0 Å². The fraction of sp³-hybridized carbons (Fsp3) is 0.435. The third kappa shape index (κ3) is 4.27. The Bertz CT molecular complexity index is 1220. The minimum atomic E-state index is -0.143. The van der Waals surface area contributed by atoms with E-state index in [4.69, 9.17) is 14.2 Å². The smallest absolute Gasteiger partial charge is 0.272 e. The van der Waals surface area contributed by atoms with Crippen molar-refractivity contribution in [1.29, 1.82) is 0 Å². The average Bonchev–Trinajstić information content (AvgIpc) is 3.59. The number of nitrogens with one attached hydrogen (secondary N) is 1. The first-order valence-corrected chi connectivity index (χ1v) is 11.3. The second-order valence-electron chi connectivity index (χ2n) is 8.55. The zero-order valence-electron chi connectivity index (χ0n) is 19.9. The van der Waals surface area contributed by atoms with Crippen molar-refractivity contribution in [2.45, 2.75) is 25.4 Å². The molecule has 2 aromatic heterocycles. The van der Waals surface area contributed by atoms with Gasteiger partial charge in [-0.1, -0.05) is 5.21 Å². The number of aromatic nitrogens is 5. The summed E-state index contributed by atoms with van der Waals surface area (Å²) < 4.78 is 17.9. The number of methoxy groups -OCH3 is 3. The topological polar surface area (TPSA) is 128 Å². The highest BCUT2D eigenvalue weighted by Gasteiger charge is 2.34. The van der Waals surface area contributed by atoms with Crippen LogP contribution in [0.2, 0.25) is 0 Å². The molecule has 35 heavy (non-hydrogen) atoms. The van der Waals surface area contributed by atoms with E-state index in [1.54, 1.807) is 54.0 Å². The number of rotatable bonds is 8. The van der Waals surface area contributed by atoms with Crippen LogP contribution in [0.4, 0.5) is 0 Å². The number of H-pyrrole nitrogens is 1. The van der Waals surface area contributed by atoms with Gasteiger partial charge in [-0.25, -0.2) is 4.68 Å². The Balaban J connectivity index is 1.23. The fourth-order valence-electron chi connectivity index (χ4n) is 4.40. The molecule has 12 heteroatoms. The molecular weight excluding hydrogens is 454 g/mol. The minimum Gasteiger partial charge on any atom is -0.493 e. The van der Waals surface area contributed by atoms with Crippen molar-refractivity contribution in [3.05, 3.63) is 35.8 Å². The lowest BCUT2D eigenvalue weighted by Gasteiger charge is -2.38. The first kappa shape index (κ1) is 22.7. The zero-order chi connectivity index (χ0) is 24.5. The van der Waals surface area contributed by atoms with E-state index < -0.39 is 0 Å². The standard InChI is InChI=1S/C23H27N7O5/c1-33-19-7-14(8-20(34-2)22(19)35-3)17-9-18(26-25-17)23(32)29-12-16(13-29)30-11-15(24-27-30)10-28-6-4-5-21(28)31/h7-9,11,16H,4-6,10,12-13H2,1-3H3,(H,25,26). The number of aromatic amines is 1. The summed E-state index contributed by atoms with van der Waals surface area (Å²) in [6.45, 7) is 2.28. The molecule has 0 aliphatic carbocycles. The molecule has 2 saturated heterocycles. The van der Waals surface area contributed by atoms with Crippen LogP contribution in [-0.4, -0.2) is 87.8 Å². The van der Waals surface area contributed by atoms with Gasteiger partial charge in [-0.05, 0) is 24.6 Å². The molecule has 1 N–H and O–H groups in total. The van der Waals surface area contributed by atoms with Crippen LogP contribution in [0, 0.1) is 0 Å². The van der Waals surface area contributed by atoms with Gasteiger partial charge in [0.25, 0.3) is 5.91 Å². The van der Waals surface area contributed by atoms with Gasteiger partial charge in [-0.3, -0.25) is 14.7 Å². The predicted octanol–water partition coefficient (Wildman–Crippen LogP) is 1.51. The molecule has 0 unspecified atom stereocenters. The summed E-state index contributed by atoms with van der Waals surface area (Å²) >= 11 is 0. The highest BCUT2D eigenvalue weighted by atomic mass is 16.5. The lowest BCUT2D eigenvalue weighted by molar-refractivity contribution is -0.128. The Hall–Kier alpha value is -4.09. The monoisotopic (exact) mass is 481 g/mol. The maximum Gasteiger partial charge on any atom is 0.272 e. The summed E-state index contributed by atoms with van der Waals surface area (Å²) in [4.78, 5) is 28.3. The highest BCUT2D eigenvalue weighted by Crippen LogP contribution is 2.41. The molecule has 5 rings (SSSR count). The van der Waals surface area contributed by atoms with E-state index in [2.05, 4.69) is 20.5 Å². The molecule has 12 nitrogen and oxygen atoms in total. The number of amides is 2. The van der Waals surface area contributed by atoms with Crippen LogP contribution < -0.4 is 14.2 Å². The SMILES string of the molecule is COc1cc(-c2cc(C(=O)N3CC(n4cc(CN5CCCC5=O)nn4)C3)[nH]n2)cc(OC)c1OC. The Morgan fingerprint density at radius 3 is 2.49 bits per heavy atom. The van der Waals surface area contributed by atoms with Gasteiger partial charge >= 0.3 is 0 Å². The molecule has 4 heterocycles. The number of nitrogens with zero attached hydrogens (tertiary/aromatic N) is 6. The summed E-state index contributed by atoms with van der Waals surface area (Å²) in [5.74, 6) is 1.51. The number of carbonyl (C=O) groups is 2. The van der Waals surface area contributed by atoms with E-state index in [-0.39, 0.29) is 17.9 Å². The van der Waals surface area contributed by atoms with E-state index in [1.165, 1.54) is 0 Å². The summed E-state index contributed by atoms with van der Waals surface area (Å²) in [5.41, 5.74) is 2.46. The van der Waals surface area contributed by atoms with Crippen LogP contribution in [0.5, 0.6) is 17.2 Å². The van der Waals surface area contributed by atoms with Crippen LogP contribution >= 0.6 is 0 Å². The summed E-state index contributed by atoms with van der Waals surface area (Å²) in [6.07, 6.45) is 3.35. The molecule has 0 saturated carbocycles. The van der Waals surface area contributed by atoms with Gasteiger partial charge in [-0.15, -0.1) is 5.10 Å². The van der Waals surface area contributed by atoms with E-state index >= 15 is 0 Å². The molecule has 1 aromatic carbocycles. The first-order valence-electron chi connectivity index (χ1n) is 11.3. The third-order valence-electron chi connectivity index (χ3n) is 6.37. The molecule has 3 aromatic rings.